The molecule has 1 aliphatic carbocycles. The number of halogens is 1. The average molecular weight is 278 g/mol. The molecule has 1 aliphatic rings. The maximum absolute atomic E-state index is 13.9. The van der Waals surface area contributed by atoms with Crippen LogP contribution in [0.15, 0.2) is 18.2 Å². The summed E-state index contributed by atoms with van der Waals surface area (Å²) >= 11 is 0. The van der Waals surface area contributed by atoms with Crippen molar-refractivity contribution >= 4 is 0 Å². The Morgan fingerprint density at radius 1 is 1.15 bits per heavy atom. The first-order chi connectivity index (χ1) is 9.29. The molecule has 1 fully saturated rings. The van der Waals surface area contributed by atoms with E-state index in [9.17, 15) is 9.50 Å². The van der Waals surface area contributed by atoms with E-state index in [1.165, 1.54) is 6.07 Å². The molecule has 1 N–H and O–H groups in total. The minimum atomic E-state index is -0.657. The van der Waals surface area contributed by atoms with Crippen LogP contribution in [-0.2, 0) is 0 Å². The summed E-state index contributed by atoms with van der Waals surface area (Å²) in [4.78, 5) is 0. The summed E-state index contributed by atoms with van der Waals surface area (Å²) in [6.45, 7) is 8.80. The summed E-state index contributed by atoms with van der Waals surface area (Å²) in [7, 11) is 0. The van der Waals surface area contributed by atoms with E-state index in [1.807, 2.05) is 6.92 Å². The van der Waals surface area contributed by atoms with Gasteiger partial charge in [0.05, 0.1) is 6.10 Å². The molecule has 2 heteroatoms. The summed E-state index contributed by atoms with van der Waals surface area (Å²) in [6, 6.07) is 5.01. The Morgan fingerprint density at radius 3 is 2.30 bits per heavy atom. The molecule has 20 heavy (non-hydrogen) atoms. The number of aliphatic hydroxyl groups is 1. The minimum absolute atomic E-state index is 0.199. The molecule has 0 bridgehead atoms. The van der Waals surface area contributed by atoms with Crippen LogP contribution in [0, 0.1) is 30.0 Å². The third-order valence-electron chi connectivity index (χ3n) is 4.91. The third kappa shape index (κ3) is 3.41. The van der Waals surface area contributed by atoms with Crippen LogP contribution in [0.3, 0.4) is 0 Å². The van der Waals surface area contributed by atoms with Gasteiger partial charge >= 0.3 is 0 Å². The molecule has 1 atom stereocenters. The van der Waals surface area contributed by atoms with Gasteiger partial charge in [-0.2, -0.15) is 0 Å². The summed E-state index contributed by atoms with van der Waals surface area (Å²) in [5.41, 5.74) is 1.82. The van der Waals surface area contributed by atoms with E-state index in [4.69, 9.17) is 0 Å². The van der Waals surface area contributed by atoms with Crippen molar-refractivity contribution in [2.24, 2.45) is 17.3 Å². The van der Waals surface area contributed by atoms with Crippen LogP contribution in [0.1, 0.15) is 63.7 Å². The number of aryl methyl sites for hydroxylation is 1. The highest BCUT2D eigenvalue weighted by atomic mass is 19.1. The molecular weight excluding hydrogens is 251 g/mol. The van der Waals surface area contributed by atoms with Crippen molar-refractivity contribution in [1.82, 2.24) is 0 Å². The zero-order valence-electron chi connectivity index (χ0n) is 13.1. The van der Waals surface area contributed by atoms with Crippen LogP contribution in [-0.4, -0.2) is 5.11 Å². The highest BCUT2D eigenvalue weighted by Crippen LogP contribution is 2.43. The van der Waals surface area contributed by atoms with Crippen LogP contribution >= 0.6 is 0 Å². The fraction of sp³-hybridized carbons (Fsp3) is 0.667. The molecule has 1 aromatic carbocycles. The fourth-order valence-corrected chi connectivity index (χ4v) is 3.44. The van der Waals surface area contributed by atoms with E-state index < -0.39 is 6.10 Å². The minimum Gasteiger partial charge on any atom is -0.388 e. The maximum atomic E-state index is 13.9. The van der Waals surface area contributed by atoms with Gasteiger partial charge in [0.15, 0.2) is 0 Å². The van der Waals surface area contributed by atoms with Crippen LogP contribution in [0.4, 0.5) is 4.39 Å². The second kappa shape index (κ2) is 5.85. The Balaban J connectivity index is 2.05. The fourth-order valence-electron chi connectivity index (χ4n) is 3.44. The van der Waals surface area contributed by atoms with Gasteiger partial charge in [0, 0.05) is 5.56 Å². The molecule has 0 aliphatic heterocycles. The zero-order chi connectivity index (χ0) is 14.9. The van der Waals surface area contributed by atoms with Crippen LogP contribution in [0.2, 0.25) is 0 Å². The summed E-state index contributed by atoms with van der Waals surface area (Å²) in [6.07, 6.45) is 3.61. The van der Waals surface area contributed by atoms with E-state index in [2.05, 4.69) is 20.8 Å². The van der Waals surface area contributed by atoms with Crippen molar-refractivity contribution in [2.75, 3.05) is 0 Å². The average Bonchev–Trinajstić information content (AvgIpc) is 2.40. The van der Waals surface area contributed by atoms with Gasteiger partial charge in [-0.05, 0) is 55.9 Å². The van der Waals surface area contributed by atoms with Crippen molar-refractivity contribution in [1.29, 1.82) is 0 Å². The van der Waals surface area contributed by atoms with E-state index in [-0.39, 0.29) is 11.7 Å². The molecule has 2 rings (SSSR count). The molecule has 1 saturated carbocycles. The van der Waals surface area contributed by atoms with Gasteiger partial charge < -0.3 is 5.11 Å². The SMILES string of the molecule is Cc1ccc(F)c(C(O)C2CCC(C(C)(C)C)CC2)c1. The van der Waals surface area contributed by atoms with Crippen LogP contribution in [0.5, 0.6) is 0 Å². The Hall–Kier alpha value is -0.890. The number of benzene rings is 1. The Labute approximate surface area is 122 Å². The predicted molar refractivity (Wildman–Crippen MR) is 81.0 cm³/mol. The molecule has 0 heterocycles. The van der Waals surface area contributed by atoms with Gasteiger partial charge in [-0.15, -0.1) is 0 Å². The summed E-state index contributed by atoms with van der Waals surface area (Å²) in [5, 5.41) is 10.5. The quantitative estimate of drug-likeness (QED) is 0.805. The Bertz CT molecular complexity index is 453. The lowest BCUT2D eigenvalue weighted by Crippen LogP contribution is -2.28. The lowest BCUT2D eigenvalue weighted by Gasteiger charge is -2.38. The van der Waals surface area contributed by atoms with Gasteiger partial charge in [0.25, 0.3) is 0 Å². The smallest absolute Gasteiger partial charge is 0.129 e. The molecule has 1 nitrogen and oxygen atoms in total. The van der Waals surface area contributed by atoms with Crippen LogP contribution < -0.4 is 0 Å². The monoisotopic (exact) mass is 278 g/mol. The maximum Gasteiger partial charge on any atom is 0.129 e. The highest BCUT2D eigenvalue weighted by Gasteiger charge is 2.33. The van der Waals surface area contributed by atoms with Crippen molar-refractivity contribution in [3.8, 4) is 0 Å². The van der Waals surface area contributed by atoms with Crippen LogP contribution in [0.25, 0.3) is 0 Å². The Kier molecular flexibility index (Phi) is 4.53. The lowest BCUT2D eigenvalue weighted by atomic mass is 9.68. The number of aliphatic hydroxyl groups excluding tert-OH is 1. The topological polar surface area (TPSA) is 20.2 Å². The summed E-state index contributed by atoms with van der Waals surface area (Å²) in [5.74, 6) is 0.638. The number of hydrogen-bond acceptors (Lipinski definition) is 1. The molecule has 0 radical (unpaired) electrons. The highest BCUT2D eigenvalue weighted by molar-refractivity contribution is 5.26. The van der Waals surface area contributed by atoms with Gasteiger partial charge in [0.1, 0.15) is 5.82 Å². The largest absolute Gasteiger partial charge is 0.388 e. The third-order valence-corrected chi connectivity index (χ3v) is 4.91. The van der Waals surface area contributed by atoms with Gasteiger partial charge in [0.2, 0.25) is 0 Å². The first-order valence-corrected chi connectivity index (χ1v) is 7.73. The molecule has 0 amide bonds. The van der Waals surface area contributed by atoms with E-state index in [1.54, 1.807) is 12.1 Å². The molecule has 112 valence electrons. The first kappa shape index (κ1) is 15.5. The van der Waals surface area contributed by atoms with Crippen molar-refractivity contribution < 1.29 is 9.50 Å². The molecule has 1 unspecified atom stereocenters. The molecule has 1 aromatic rings. The standard InChI is InChI=1S/C18H27FO/c1-12-5-10-16(19)15(11-12)17(20)13-6-8-14(9-7-13)18(2,3)4/h5,10-11,13-14,17,20H,6-9H2,1-4H3. The Morgan fingerprint density at radius 2 is 1.75 bits per heavy atom. The molecular formula is C18H27FO. The zero-order valence-corrected chi connectivity index (χ0v) is 13.1. The first-order valence-electron chi connectivity index (χ1n) is 7.73. The lowest BCUT2D eigenvalue weighted by molar-refractivity contribution is 0.0506. The molecule has 0 saturated heterocycles. The van der Waals surface area contributed by atoms with Gasteiger partial charge in [-0.25, -0.2) is 4.39 Å². The van der Waals surface area contributed by atoms with Gasteiger partial charge in [-0.3, -0.25) is 0 Å². The molecule has 0 spiro atoms. The number of rotatable bonds is 2. The van der Waals surface area contributed by atoms with E-state index >= 15 is 0 Å². The van der Waals surface area contributed by atoms with Crippen molar-refractivity contribution in [2.45, 2.75) is 59.5 Å². The van der Waals surface area contributed by atoms with Crippen molar-refractivity contribution in [3.05, 3.63) is 35.1 Å². The normalized spacial score (nSPS) is 25.5. The van der Waals surface area contributed by atoms with E-state index in [0.717, 1.165) is 31.2 Å². The second-order valence-corrected chi connectivity index (χ2v) is 7.45. The predicted octanol–water partition coefficient (Wildman–Crippen LogP) is 5.02. The molecule has 0 aromatic heterocycles. The second-order valence-electron chi connectivity index (χ2n) is 7.45. The van der Waals surface area contributed by atoms with Crippen molar-refractivity contribution in [3.63, 3.8) is 0 Å². The summed E-state index contributed by atoms with van der Waals surface area (Å²) < 4.78 is 13.9. The van der Waals surface area contributed by atoms with E-state index in [0.29, 0.717) is 16.9 Å². The number of hydrogen-bond donors (Lipinski definition) is 1. The van der Waals surface area contributed by atoms with Gasteiger partial charge in [-0.1, -0.05) is 38.5 Å².